The number of anilines is 1. The molecular formula is C23H32N2O4S. The van der Waals surface area contributed by atoms with E-state index in [0.717, 1.165) is 29.6 Å². The Morgan fingerprint density at radius 1 is 1.10 bits per heavy atom. The molecule has 164 valence electrons. The van der Waals surface area contributed by atoms with Crippen LogP contribution in [0, 0.1) is 12.8 Å². The number of nitrogens with zero attached hydrogens (tertiary/aromatic N) is 1. The number of sulfonamides is 1. The molecule has 0 fully saturated rings. The van der Waals surface area contributed by atoms with Crippen molar-refractivity contribution in [2.24, 2.45) is 5.92 Å². The summed E-state index contributed by atoms with van der Waals surface area (Å²) in [7, 11) is -2.05. The molecule has 0 spiro atoms. The van der Waals surface area contributed by atoms with Gasteiger partial charge in [-0.05, 0) is 61.6 Å². The Morgan fingerprint density at radius 2 is 1.73 bits per heavy atom. The van der Waals surface area contributed by atoms with Gasteiger partial charge in [0.15, 0.2) is 0 Å². The number of carbonyl (C=O) groups excluding carboxylic acids is 1. The lowest BCUT2D eigenvalue weighted by Crippen LogP contribution is -2.48. The topological polar surface area (TPSA) is 75.7 Å². The molecular weight excluding hydrogens is 400 g/mol. The SMILES string of the molecule is COc1ccc([C@H](CC(C)C)NC(=O)[C@@H](C)N(c2cccc(C)c2)S(C)(=O)=O)cc1. The van der Waals surface area contributed by atoms with Crippen molar-refractivity contribution >= 4 is 21.6 Å². The summed E-state index contributed by atoms with van der Waals surface area (Å²) >= 11 is 0. The van der Waals surface area contributed by atoms with E-state index in [1.807, 2.05) is 37.3 Å². The number of amides is 1. The van der Waals surface area contributed by atoms with Crippen LogP contribution in [0.5, 0.6) is 5.75 Å². The van der Waals surface area contributed by atoms with E-state index in [9.17, 15) is 13.2 Å². The summed E-state index contributed by atoms with van der Waals surface area (Å²) in [5, 5.41) is 3.05. The van der Waals surface area contributed by atoms with Crippen LogP contribution in [0.15, 0.2) is 48.5 Å². The number of hydrogen-bond acceptors (Lipinski definition) is 4. The van der Waals surface area contributed by atoms with Crippen molar-refractivity contribution in [2.45, 2.75) is 46.2 Å². The monoisotopic (exact) mass is 432 g/mol. The standard InChI is InChI=1S/C23H32N2O4S/c1-16(2)14-22(19-10-12-21(29-5)13-11-19)24-23(26)18(4)25(30(6,27)28)20-9-7-8-17(3)15-20/h7-13,15-16,18,22H,14H2,1-6H3,(H,24,26)/t18-,22+/m1/s1. The Balaban J connectivity index is 2.31. The first-order chi connectivity index (χ1) is 14.0. The summed E-state index contributed by atoms with van der Waals surface area (Å²) in [4.78, 5) is 13.1. The molecule has 0 aliphatic heterocycles. The van der Waals surface area contributed by atoms with Crippen LogP contribution >= 0.6 is 0 Å². The van der Waals surface area contributed by atoms with Gasteiger partial charge in [-0.2, -0.15) is 0 Å². The summed E-state index contributed by atoms with van der Waals surface area (Å²) in [6.45, 7) is 7.67. The Labute approximate surface area is 180 Å². The molecule has 0 unspecified atom stereocenters. The van der Waals surface area contributed by atoms with Crippen molar-refractivity contribution in [2.75, 3.05) is 17.7 Å². The number of benzene rings is 2. The molecule has 0 aliphatic carbocycles. The molecule has 6 nitrogen and oxygen atoms in total. The molecule has 1 N–H and O–H groups in total. The first-order valence-corrected chi connectivity index (χ1v) is 11.9. The minimum Gasteiger partial charge on any atom is -0.497 e. The van der Waals surface area contributed by atoms with Crippen molar-refractivity contribution < 1.29 is 17.9 Å². The summed E-state index contributed by atoms with van der Waals surface area (Å²) in [5.41, 5.74) is 2.35. The second-order valence-corrected chi connectivity index (χ2v) is 9.90. The predicted octanol–water partition coefficient (Wildman–Crippen LogP) is 4.06. The van der Waals surface area contributed by atoms with Crippen LogP contribution < -0.4 is 14.4 Å². The molecule has 2 atom stereocenters. The fourth-order valence-corrected chi connectivity index (χ4v) is 4.62. The van der Waals surface area contributed by atoms with Gasteiger partial charge in [0.1, 0.15) is 11.8 Å². The lowest BCUT2D eigenvalue weighted by molar-refractivity contribution is -0.122. The fourth-order valence-electron chi connectivity index (χ4n) is 3.45. The third-order valence-corrected chi connectivity index (χ3v) is 6.13. The smallest absolute Gasteiger partial charge is 0.244 e. The Bertz CT molecular complexity index is 955. The van der Waals surface area contributed by atoms with E-state index in [4.69, 9.17) is 4.74 Å². The minimum absolute atomic E-state index is 0.232. The van der Waals surface area contributed by atoms with E-state index in [2.05, 4.69) is 19.2 Å². The second kappa shape index (κ2) is 9.98. The van der Waals surface area contributed by atoms with Crippen LogP contribution in [0.4, 0.5) is 5.69 Å². The molecule has 0 aliphatic rings. The van der Waals surface area contributed by atoms with Gasteiger partial charge in [-0.25, -0.2) is 8.42 Å². The molecule has 0 radical (unpaired) electrons. The third kappa shape index (κ3) is 6.23. The van der Waals surface area contributed by atoms with Crippen molar-refractivity contribution in [3.05, 3.63) is 59.7 Å². The van der Waals surface area contributed by atoms with Gasteiger partial charge in [0, 0.05) is 0 Å². The average molecular weight is 433 g/mol. The zero-order valence-electron chi connectivity index (χ0n) is 18.5. The third-order valence-electron chi connectivity index (χ3n) is 4.89. The normalized spacial score (nSPS) is 13.6. The van der Waals surface area contributed by atoms with E-state index < -0.39 is 16.1 Å². The average Bonchev–Trinajstić information content (AvgIpc) is 2.66. The summed E-state index contributed by atoms with van der Waals surface area (Å²) in [5.74, 6) is 0.739. The fraction of sp³-hybridized carbons (Fsp3) is 0.435. The van der Waals surface area contributed by atoms with E-state index in [-0.39, 0.29) is 11.9 Å². The predicted molar refractivity (Wildman–Crippen MR) is 121 cm³/mol. The van der Waals surface area contributed by atoms with Crippen LogP contribution in [0.3, 0.4) is 0 Å². The van der Waals surface area contributed by atoms with Gasteiger partial charge in [-0.1, -0.05) is 38.1 Å². The van der Waals surface area contributed by atoms with E-state index >= 15 is 0 Å². The number of nitrogens with one attached hydrogen (secondary N) is 1. The number of rotatable bonds is 9. The van der Waals surface area contributed by atoms with Crippen molar-refractivity contribution in [3.8, 4) is 5.75 Å². The van der Waals surface area contributed by atoms with Gasteiger partial charge >= 0.3 is 0 Å². The molecule has 2 aromatic rings. The maximum Gasteiger partial charge on any atom is 0.244 e. The molecule has 0 saturated heterocycles. The molecule has 0 aromatic heterocycles. The van der Waals surface area contributed by atoms with Gasteiger partial charge < -0.3 is 10.1 Å². The van der Waals surface area contributed by atoms with Gasteiger partial charge in [-0.15, -0.1) is 0 Å². The molecule has 7 heteroatoms. The summed E-state index contributed by atoms with van der Waals surface area (Å²) in [6.07, 6.45) is 1.85. The summed E-state index contributed by atoms with van der Waals surface area (Å²) < 4.78 is 31.4. The Morgan fingerprint density at radius 3 is 2.23 bits per heavy atom. The van der Waals surface area contributed by atoms with Crippen LogP contribution in [0.25, 0.3) is 0 Å². The van der Waals surface area contributed by atoms with Crippen molar-refractivity contribution in [1.82, 2.24) is 5.32 Å². The zero-order chi connectivity index (χ0) is 22.5. The zero-order valence-corrected chi connectivity index (χ0v) is 19.4. The minimum atomic E-state index is -3.66. The second-order valence-electron chi connectivity index (χ2n) is 8.04. The Kier molecular flexibility index (Phi) is 7.89. The number of ether oxygens (including phenoxy) is 1. The maximum absolute atomic E-state index is 13.1. The molecule has 2 rings (SSSR count). The van der Waals surface area contributed by atoms with Crippen molar-refractivity contribution in [1.29, 1.82) is 0 Å². The maximum atomic E-state index is 13.1. The lowest BCUT2D eigenvalue weighted by atomic mass is 9.96. The van der Waals surface area contributed by atoms with Crippen molar-refractivity contribution in [3.63, 3.8) is 0 Å². The number of carbonyl (C=O) groups is 1. The number of methoxy groups -OCH3 is 1. The molecule has 1 amide bonds. The van der Waals surface area contributed by atoms with Gasteiger partial charge in [0.05, 0.1) is 25.1 Å². The quantitative estimate of drug-likeness (QED) is 0.648. The highest BCUT2D eigenvalue weighted by molar-refractivity contribution is 7.92. The van der Waals surface area contributed by atoms with Gasteiger partial charge in [0.2, 0.25) is 15.9 Å². The largest absolute Gasteiger partial charge is 0.497 e. The van der Waals surface area contributed by atoms with Crippen LogP contribution in [-0.2, 0) is 14.8 Å². The van der Waals surface area contributed by atoms with Crippen LogP contribution in [-0.4, -0.2) is 33.7 Å². The van der Waals surface area contributed by atoms with Gasteiger partial charge in [0.25, 0.3) is 0 Å². The molecule has 30 heavy (non-hydrogen) atoms. The molecule has 0 heterocycles. The number of hydrogen-bond donors (Lipinski definition) is 1. The van der Waals surface area contributed by atoms with E-state index in [1.54, 1.807) is 32.2 Å². The summed E-state index contributed by atoms with van der Waals surface area (Å²) in [6, 6.07) is 13.6. The first-order valence-electron chi connectivity index (χ1n) is 10.0. The van der Waals surface area contributed by atoms with Gasteiger partial charge in [-0.3, -0.25) is 9.10 Å². The highest BCUT2D eigenvalue weighted by Crippen LogP contribution is 2.26. The Hall–Kier alpha value is -2.54. The van der Waals surface area contributed by atoms with Crippen LogP contribution in [0.1, 0.15) is 44.4 Å². The highest BCUT2D eigenvalue weighted by atomic mass is 32.2. The molecule has 0 bridgehead atoms. The first kappa shape index (κ1) is 23.7. The highest BCUT2D eigenvalue weighted by Gasteiger charge is 2.30. The van der Waals surface area contributed by atoms with Crippen LogP contribution in [0.2, 0.25) is 0 Å². The molecule has 0 saturated carbocycles. The lowest BCUT2D eigenvalue weighted by Gasteiger charge is -2.30. The van der Waals surface area contributed by atoms with E-state index in [1.165, 1.54) is 4.31 Å². The van der Waals surface area contributed by atoms with E-state index in [0.29, 0.717) is 11.6 Å². The molecule has 2 aromatic carbocycles. The number of aryl methyl sites for hydroxylation is 1.